The monoisotopic (exact) mass is 431 g/mol. The van der Waals surface area contributed by atoms with E-state index in [-0.39, 0.29) is 5.76 Å². The van der Waals surface area contributed by atoms with Crippen LogP contribution in [0.4, 0.5) is 5.69 Å². The highest BCUT2D eigenvalue weighted by Gasteiger charge is 2.19. The van der Waals surface area contributed by atoms with E-state index < -0.39 is 5.97 Å². The van der Waals surface area contributed by atoms with Crippen LogP contribution in [0.15, 0.2) is 88.2 Å². The number of anilines is 1. The van der Waals surface area contributed by atoms with Crippen LogP contribution in [0.1, 0.15) is 28.6 Å². The van der Waals surface area contributed by atoms with E-state index in [4.69, 9.17) is 9.15 Å². The quantitative estimate of drug-likeness (QED) is 0.230. The first-order valence-electron chi connectivity index (χ1n) is 10.4. The Bertz CT molecular complexity index is 1160. The summed E-state index contributed by atoms with van der Waals surface area (Å²) in [6.07, 6.45) is 0.947. The largest absolute Gasteiger partial charge is 0.460 e. The predicted octanol–water partition coefficient (Wildman–Crippen LogP) is 6.67. The Kier molecular flexibility index (Phi) is 6.63. The minimum absolute atomic E-state index is 0.281. The molecular weight excluding hydrogens is 406 g/mol. The second-order valence-electron chi connectivity index (χ2n) is 7.20. The molecule has 158 valence electrons. The number of fused-ring (bicyclic) bond motifs is 1. The molecule has 5 heteroatoms. The summed E-state index contributed by atoms with van der Waals surface area (Å²) in [7, 11) is 0. The zero-order valence-electron chi connectivity index (χ0n) is 17.7. The fourth-order valence-corrected chi connectivity index (χ4v) is 4.44. The molecule has 0 bridgehead atoms. The molecule has 1 heterocycles. The van der Waals surface area contributed by atoms with E-state index in [1.54, 1.807) is 18.9 Å². The number of hydrogen-bond donors (Lipinski definition) is 0. The van der Waals surface area contributed by atoms with Crippen molar-refractivity contribution < 1.29 is 13.9 Å². The highest BCUT2D eigenvalue weighted by Crippen LogP contribution is 2.34. The number of esters is 1. The molecule has 0 fully saturated rings. The third kappa shape index (κ3) is 4.94. The first-order chi connectivity index (χ1) is 15.2. The molecule has 4 rings (SSSR count). The maximum atomic E-state index is 12.2. The Labute approximate surface area is 187 Å². The maximum absolute atomic E-state index is 12.2. The molecule has 0 saturated heterocycles. The van der Waals surface area contributed by atoms with Crippen LogP contribution in [0, 0.1) is 6.92 Å². The number of carbonyl (C=O) groups is 1. The molecule has 4 nitrogen and oxygen atoms in total. The molecule has 0 amide bonds. The minimum atomic E-state index is -0.417. The van der Waals surface area contributed by atoms with Crippen LogP contribution in [0.3, 0.4) is 0 Å². The Morgan fingerprint density at radius 3 is 2.42 bits per heavy atom. The van der Waals surface area contributed by atoms with Gasteiger partial charge in [0.25, 0.3) is 0 Å². The lowest BCUT2D eigenvalue weighted by atomic mass is 10.1. The van der Waals surface area contributed by atoms with Gasteiger partial charge in [-0.3, -0.25) is 0 Å². The van der Waals surface area contributed by atoms with E-state index in [1.807, 2.05) is 31.2 Å². The van der Waals surface area contributed by atoms with Crippen molar-refractivity contribution in [3.05, 3.63) is 95.7 Å². The summed E-state index contributed by atoms with van der Waals surface area (Å²) < 4.78 is 13.2. The Morgan fingerprint density at radius 1 is 1.00 bits per heavy atom. The number of carbonyl (C=O) groups excluding carboxylic acids is 1. The molecule has 0 aliphatic carbocycles. The second kappa shape index (κ2) is 9.75. The molecule has 31 heavy (non-hydrogen) atoms. The van der Waals surface area contributed by atoms with Crippen LogP contribution in [0.5, 0.6) is 0 Å². The topological polar surface area (TPSA) is 42.7 Å². The molecule has 0 aliphatic rings. The lowest BCUT2D eigenvalue weighted by molar-refractivity contribution is 0.0491. The third-order valence-corrected chi connectivity index (χ3v) is 6.15. The summed E-state index contributed by atoms with van der Waals surface area (Å²) in [5.41, 5.74) is 3.97. The number of para-hydroxylation sites is 1. The first kappa shape index (κ1) is 21.1. The van der Waals surface area contributed by atoms with Gasteiger partial charge >= 0.3 is 5.97 Å². The number of hydrogen-bond acceptors (Lipinski definition) is 5. The number of aryl methyl sites for hydroxylation is 1. The lowest BCUT2D eigenvalue weighted by Gasteiger charge is -2.23. The van der Waals surface area contributed by atoms with Crippen molar-refractivity contribution >= 4 is 34.6 Å². The van der Waals surface area contributed by atoms with Gasteiger partial charge in [-0.05, 0) is 68.1 Å². The molecule has 0 atom stereocenters. The number of nitrogens with zero attached hydrogens (tertiary/aromatic N) is 1. The molecule has 0 unspecified atom stereocenters. The number of benzene rings is 3. The van der Waals surface area contributed by atoms with Crippen LogP contribution in [-0.4, -0.2) is 19.1 Å². The highest BCUT2D eigenvalue weighted by atomic mass is 32.2. The van der Waals surface area contributed by atoms with E-state index in [0.717, 1.165) is 34.5 Å². The van der Waals surface area contributed by atoms with Gasteiger partial charge in [-0.25, -0.2) is 4.79 Å². The average molecular weight is 432 g/mol. The zero-order chi connectivity index (χ0) is 21.6. The molecule has 3 aromatic carbocycles. The standard InChI is InChI=1S/C26H25NO3S/c1-3-29-26(28)25-19(2)23-18-22(14-15-24(23)30-25)31-27(21-12-8-5-9-13-21)17-16-20-10-6-4-7-11-20/h4-15,18H,3,16-17H2,1-2H3. The SMILES string of the molecule is CCOC(=O)c1oc2ccc(SN(CCc3ccccc3)c3ccccc3)cc2c1C. The summed E-state index contributed by atoms with van der Waals surface area (Å²) in [6, 6.07) is 26.9. The van der Waals surface area contributed by atoms with Crippen molar-refractivity contribution in [2.75, 3.05) is 17.5 Å². The van der Waals surface area contributed by atoms with Crippen molar-refractivity contribution in [2.24, 2.45) is 0 Å². The Balaban J connectivity index is 1.59. The lowest BCUT2D eigenvalue weighted by Crippen LogP contribution is -2.17. The van der Waals surface area contributed by atoms with Crippen LogP contribution >= 0.6 is 11.9 Å². The van der Waals surface area contributed by atoms with E-state index in [9.17, 15) is 4.79 Å². The zero-order valence-corrected chi connectivity index (χ0v) is 18.5. The summed E-state index contributed by atoms with van der Waals surface area (Å²) in [5, 5.41) is 0.934. The third-order valence-electron chi connectivity index (χ3n) is 5.07. The van der Waals surface area contributed by atoms with Gasteiger partial charge in [0.1, 0.15) is 5.58 Å². The second-order valence-corrected chi connectivity index (χ2v) is 8.29. The number of rotatable bonds is 8. The normalized spacial score (nSPS) is 10.9. The maximum Gasteiger partial charge on any atom is 0.374 e. The van der Waals surface area contributed by atoms with Gasteiger partial charge in [0.05, 0.1) is 6.61 Å². The van der Waals surface area contributed by atoms with Crippen LogP contribution in [0.25, 0.3) is 11.0 Å². The predicted molar refractivity (Wildman–Crippen MR) is 127 cm³/mol. The molecule has 0 spiro atoms. The van der Waals surface area contributed by atoms with E-state index >= 15 is 0 Å². The molecular formula is C26H25NO3S. The van der Waals surface area contributed by atoms with E-state index in [2.05, 4.69) is 58.9 Å². The fraction of sp³-hybridized carbons (Fsp3) is 0.192. The van der Waals surface area contributed by atoms with Gasteiger partial charge in [-0.2, -0.15) is 0 Å². The summed E-state index contributed by atoms with van der Waals surface area (Å²) >= 11 is 1.69. The average Bonchev–Trinajstić information content (AvgIpc) is 3.14. The summed E-state index contributed by atoms with van der Waals surface area (Å²) in [4.78, 5) is 13.3. The van der Waals surface area contributed by atoms with Gasteiger partial charge in [0.2, 0.25) is 5.76 Å². The molecule has 0 aliphatic heterocycles. The van der Waals surface area contributed by atoms with Crippen molar-refractivity contribution in [3.8, 4) is 0 Å². The van der Waals surface area contributed by atoms with Gasteiger partial charge in [-0.15, -0.1) is 0 Å². The summed E-state index contributed by atoms with van der Waals surface area (Å²) in [5.74, 6) is -0.137. The van der Waals surface area contributed by atoms with Gasteiger partial charge < -0.3 is 13.5 Å². The van der Waals surface area contributed by atoms with Crippen molar-refractivity contribution in [1.29, 1.82) is 0 Å². The van der Waals surface area contributed by atoms with Crippen LogP contribution in [-0.2, 0) is 11.2 Å². The highest BCUT2D eigenvalue weighted by molar-refractivity contribution is 8.00. The van der Waals surface area contributed by atoms with Crippen molar-refractivity contribution in [2.45, 2.75) is 25.2 Å². The van der Waals surface area contributed by atoms with Crippen LogP contribution in [0.2, 0.25) is 0 Å². The van der Waals surface area contributed by atoms with Crippen molar-refractivity contribution in [1.82, 2.24) is 0 Å². The number of ether oxygens (including phenoxy) is 1. The molecule has 0 radical (unpaired) electrons. The fourth-order valence-electron chi connectivity index (χ4n) is 3.47. The molecule has 0 saturated carbocycles. The van der Waals surface area contributed by atoms with Gasteiger partial charge in [-0.1, -0.05) is 48.5 Å². The Morgan fingerprint density at radius 2 is 1.71 bits per heavy atom. The smallest absolute Gasteiger partial charge is 0.374 e. The molecule has 4 aromatic rings. The summed E-state index contributed by atoms with van der Waals surface area (Å²) in [6.45, 7) is 4.88. The van der Waals surface area contributed by atoms with E-state index in [0.29, 0.717) is 12.2 Å². The van der Waals surface area contributed by atoms with Gasteiger partial charge in [0, 0.05) is 28.1 Å². The van der Waals surface area contributed by atoms with Crippen LogP contribution < -0.4 is 4.31 Å². The van der Waals surface area contributed by atoms with E-state index in [1.165, 1.54) is 5.56 Å². The number of furan rings is 1. The first-order valence-corrected chi connectivity index (χ1v) is 11.2. The van der Waals surface area contributed by atoms with Crippen molar-refractivity contribution in [3.63, 3.8) is 0 Å². The molecule has 0 N–H and O–H groups in total. The minimum Gasteiger partial charge on any atom is -0.460 e. The Hall–Kier alpha value is -3.18. The molecule has 1 aromatic heterocycles. The van der Waals surface area contributed by atoms with Gasteiger partial charge in [0.15, 0.2) is 0 Å².